The molecule has 0 aliphatic heterocycles. The van der Waals surface area contributed by atoms with Gasteiger partial charge in [0.15, 0.2) is 0 Å². The summed E-state index contributed by atoms with van der Waals surface area (Å²) in [5.74, 6) is -0.766. The highest BCUT2D eigenvalue weighted by atomic mass is 16.5. The predicted molar refractivity (Wildman–Crippen MR) is 60.0 cm³/mol. The topological polar surface area (TPSA) is 58.6 Å². The summed E-state index contributed by atoms with van der Waals surface area (Å²) in [5.41, 5.74) is 0. The van der Waals surface area contributed by atoms with Crippen molar-refractivity contribution in [1.29, 1.82) is 0 Å². The monoisotopic (exact) mass is 217 g/mol. The molecule has 0 rings (SSSR count). The fourth-order valence-corrected chi connectivity index (χ4v) is 1.52. The van der Waals surface area contributed by atoms with Crippen molar-refractivity contribution in [2.75, 3.05) is 13.7 Å². The Bertz CT molecular complexity index is 169. The van der Waals surface area contributed by atoms with E-state index >= 15 is 0 Å². The summed E-state index contributed by atoms with van der Waals surface area (Å²) in [6, 6.07) is -0.140. The van der Waals surface area contributed by atoms with E-state index in [1.54, 1.807) is 7.11 Å². The minimum Gasteiger partial charge on any atom is -0.480 e. The third-order valence-corrected chi connectivity index (χ3v) is 2.56. The van der Waals surface area contributed by atoms with Crippen LogP contribution in [-0.2, 0) is 9.53 Å². The van der Waals surface area contributed by atoms with Crippen LogP contribution in [-0.4, -0.2) is 36.9 Å². The fraction of sp³-hybridized carbons (Fsp3) is 0.909. The molecule has 0 aromatic carbocycles. The molecule has 0 heterocycles. The minimum absolute atomic E-state index is 0.300. The molecule has 0 amide bonds. The molecule has 15 heavy (non-hydrogen) atoms. The Labute approximate surface area is 92.0 Å². The number of nitrogens with one attached hydrogen (secondary N) is 1. The first-order valence-corrected chi connectivity index (χ1v) is 5.63. The quantitative estimate of drug-likeness (QED) is 0.576. The maximum atomic E-state index is 11.0. The number of aliphatic carboxylic acids is 1. The van der Waals surface area contributed by atoms with Gasteiger partial charge < -0.3 is 15.2 Å². The Morgan fingerprint density at radius 3 is 2.40 bits per heavy atom. The lowest BCUT2D eigenvalue weighted by Crippen LogP contribution is -2.43. The molecule has 0 bridgehead atoms. The van der Waals surface area contributed by atoms with Crippen LogP contribution < -0.4 is 5.32 Å². The Hall–Kier alpha value is -0.610. The van der Waals surface area contributed by atoms with Gasteiger partial charge >= 0.3 is 5.97 Å². The number of carboxylic acid groups (broad SMARTS) is 1. The summed E-state index contributed by atoms with van der Waals surface area (Å²) in [5, 5.41) is 12.2. The first-order valence-electron chi connectivity index (χ1n) is 5.63. The van der Waals surface area contributed by atoms with Crippen molar-refractivity contribution in [3.63, 3.8) is 0 Å². The number of hydrogen-bond donors (Lipinski definition) is 2. The van der Waals surface area contributed by atoms with Crippen LogP contribution in [0.15, 0.2) is 0 Å². The molecule has 90 valence electrons. The van der Waals surface area contributed by atoms with Crippen LogP contribution in [0.25, 0.3) is 0 Å². The first kappa shape index (κ1) is 14.4. The van der Waals surface area contributed by atoms with E-state index in [4.69, 9.17) is 9.84 Å². The summed E-state index contributed by atoms with van der Waals surface area (Å²) >= 11 is 0. The standard InChI is InChI=1S/C11H23NO3/c1-4-9(5-2)12-10(11(13)14)7-6-8-15-3/h9-10,12H,4-8H2,1-3H3,(H,13,14). The summed E-state index contributed by atoms with van der Waals surface area (Å²) < 4.78 is 4.91. The molecule has 0 spiro atoms. The maximum absolute atomic E-state index is 11.0. The zero-order valence-electron chi connectivity index (χ0n) is 9.95. The molecule has 0 aromatic rings. The van der Waals surface area contributed by atoms with E-state index < -0.39 is 12.0 Å². The Morgan fingerprint density at radius 1 is 1.40 bits per heavy atom. The Kier molecular flexibility index (Phi) is 8.33. The van der Waals surface area contributed by atoms with Gasteiger partial charge in [-0.3, -0.25) is 4.79 Å². The van der Waals surface area contributed by atoms with E-state index in [9.17, 15) is 4.79 Å². The van der Waals surface area contributed by atoms with Crippen LogP contribution in [0.4, 0.5) is 0 Å². The molecule has 0 aliphatic rings. The van der Waals surface area contributed by atoms with Gasteiger partial charge in [-0.1, -0.05) is 13.8 Å². The second kappa shape index (κ2) is 8.68. The molecule has 0 radical (unpaired) electrons. The van der Waals surface area contributed by atoms with Crippen LogP contribution in [0.2, 0.25) is 0 Å². The van der Waals surface area contributed by atoms with Gasteiger partial charge in [0.05, 0.1) is 0 Å². The van der Waals surface area contributed by atoms with Gasteiger partial charge in [0.25, 0.3) is 0 Å². The van der Waals surface area contributed by atoms with Crippen molar-refractivity contribution in [3.05, 3.63) is 0 Å². The van der Waals surface area contributed by atoms with E-state index in [1.807, 2.05) is 0 Å². The second-order valence-electron chi connectivity index (χ2n) is 3.71. The van der Waals surface area contributed by atoms with Crippen molar-refractivity contribution in [2.45, 2.75) is 51.6 Å². The van der Waals surface area contributed by atoms with Crippen LogP contribution in [0.5, 0.6) is 0 Å². The minimum atomic E-state index is -0.766. The van der Waals surface area contributed by atoms with Crippen molar-refractivity contribution in [2.24, 2.45) is 0 Å². The SMILES string of the molecule is CCC(CC)NC(CCCOC)C(=O)O. The summed E-state index contributed by atoms with van der Waals surface area (Å²) in [7, 11) is 1.63. The molecule has 2 N–H and O–H groups in total. The van der Waals surface area contributed by atoms with Crippen LogP contribution in [0, 0.1) is 0 Å². The summed E-state index contributed by atoms with van der Waals surface area (Å²) in [4.78, 5) is 11.0. The van der Waals surface area contributed by atoms with E-state index in [-0.39, 0.29) is 0 Å². The average Bonchev–Trinajstić information content (AvgIpc) is 2.23. The highest BCUT2D eigenvalue weighted by molar-refractivity contribution is 5.73. The number of hydrogen-bond acceptors (Lipinski definition) is 3. The van der Waals surface area contributed by atoms with Crippen molar-refractivity contribution in [3.8, 4) is 0 Å². The molecule has 0 aromatic heterocycles. The molecule has 0 saturated heterocycles. The van der Waals surface area contributed by atoms with E-state index in [1.165, 1.54) is 0 Å². The van der Waals surface area contributed by atoms with Crippen LogP contribution in [0.3, 0.4) is 0 Å². The van der Waals surface area contributed by atoms with Crippen LogP contribution >= 0.6 is 0 Å². The molecule has 1 atom stereocenters. The normalized spacial score (nSPS) is 13.1. The van der Waals surface area contributed by atoms with Gasteiger partial charge in [0.1, 0.15) is 6.04 Å². The van der Waals surface area contributed by atoms with E-state index in [2.05, 4.69) is 19.2 Å². The highest BCUT2D eigenvalue weighted by Gasteiger charge is 2.19. The van der Waals surface area contributed by atoms with Gasteiger partial charge in [0, 0.05) is 19.8 Å². The maximum Gasteiger partial charge on any atom is 0.320 e. The molecule has 1 unspecified atom stereocenters. The van der Waals surface area contributed by atoms with Crippen LogP contribution in [0.1, 0.15) is 39.5 Å². The number of carboxylic acids is 1. The third-order valence-electron chi connectivity index (χ3n) is 2.56. The molecule has 0 fully saturated rings. The molecular formula is C11H23NO3. The highest BCUT2D eigenvalue weighted by Crippen LogP contribution is 2.04. The number of rotatable bonds is 9. The summed E-state index contributed by atoms with van der Waals surface area (Å²) in [6.45, 7) is 4.75. The molecule has 4 nitrogen and oxygen atoms in total. The lowest BCUT2D eigenvalue weighted by Gasteiger charge is -2.20. The summed E-state index contributed by atoms with van der Waals surface area (Å²) in [6.07, 6.45) is 3.33. The molecule has 0 saturated carbocycles. The second-order valence-corrected chi connectivity index (χ2v) is 3.71. The van der Waals surface area contributed by atoms with Gasteiger partial charge in [-0.25, -0.2) is 0 Å². The van der Waals surface area contributed by atoms with E-state index in [0.29, 0.717) is 19.1 Å². The predicted octanol–water partition coefficient (Wildman–Crippen LogP) is 1.64. The molecule has 4 heteroatoms. The Morgan fingerprint density at radius 2 is 2.00 bits per heavy atom. The molecule has 0 aliphatic carbocycles. The molecular weight excluding hydrogens is 194 g/mol. The lowest BCUT2D eigenvalue weighted by atomic mass is 10.1. The van der Waals surface area contributed by atoms with Crippen molar-refractivity contribution >= 4 is 5.97 Å². The van der Waals surface area contributed by atoms with Gasteiger partial charge in [0.2, 0.25) is 0 Å². The fourth-order valence-electron chi connectivity index (χ4n) is 1.52. The zero-order chi connectivity index (χ0) is 11.7. The van der Waals surface area contributed by atoms with E-state index in [0.717, 1.165) is 19.3 Å². The van der Waals surface area contributed by atoms with Crippen molar-refractivity contribution < 1.29 is 14.6 Å². The first-order chi connectivity index (χ1) is 7.15. The van der Waals surface area contributed by atoms with Gasteiger partial charge in [-0.15, -0.1) is 0 Å². The number of ether oxygens (including phenoxy) is 1. The van der Waals surface area contributed by atoms with Crippen molar-refractivity contribution in [1.82, 2.24) is 5.32 Å². The van der Waals surface area contributed by atoms with Gasteiger partial charge in [-0.2, -0.15) is 0 Å². The average molecular weight is 217 g/mol. The Balaban J connectivity index is 3.97. The smallest absolute Gasteiger partial charge is 0.320 e. The zero-order valence-corrected chi connectivity index (χ0v) is 9.95. The third kappa shape index (κ3) is 6.47. The number of methoxy groups -OCH3 is 1. The lowest BCUT2D eigenvalue weighted by molar-refractivity contribution is -0.140. The van der Waals surface area contributed by atoms with Gasteiger partial charge in [-0.05, 0) is 25.7 Å². The largest absolute Gasteiger partial charge is 0.480 e. The number of carbonyl (C=O) groups is 1.